The van der Waals surface area contributed by atoms with Crippen LogP contribution < -0.4 is 9.80 Å². The molecule has 14 rings (SSSR count). The zero-order valence-electron chi connectivity index (χ0n) is 45.6. The fraction of sp³-hybridized carbons (Fsp3) is 0.0769. The van der Waals surface area contributed by atoms with Crippen molar-refractivity contribution >= 4 is 34.1 Å². The zero-order valence-corrected chi connectivity index (χ0v) is 45.6. The van der Waals surface area contributed by atoms with E-state index in [2.05, 4.69) is 329 Å². The van der Waals surface area contributed by atoms with Gasteiger partial charge in [-0.15, -0.1) is 0 Å². The summed E-state index contributed by atoms with van der Waals surface area (Å²) in [5, 5.41) is 0. The highest BCUT2D eigenvalue weighted by atomic mass is 15.1. The minimum atomic E-state index is -0.130. The molecular formula is C78H60N2. The molecule has 2 aliphatic carbocycles. The second kappa shape index (κ2) is 19.6. The van der Waals surface area contributed by atoms with E-state index in [1.54, 1.807) is 0 Å². The Bertz CT molecular complexity index is 3970. The van der Waals surface area contributed by atoms with Crippen molar-refractivity contribution < 1.29 is 0 Å². The second-order valence-corrected chi connectivity index (χ2v) is 22.6. The maximum Gasteiger partial charge on any atom is 0.0465 e. The summed E-state index contributed by atoms with van der Waals surface area (Å²) in [5.74, 6) is 0. The molecule has 0 aromatic heterocycles. The third kappa shape index (κ3) is 8.52. The lowest BCUT2D eigenvalue weighted by atomic mass is 9.82. The van der Waals surface area contributed by atoms with Crippen molar-refractivity contribution in [2.45, 2.75) is 38.5 Å². The van der Waals surface area contributed by atoms with Gasteiger partial charge in [-0.05, 0) is 185 Å². The first-order valence-corrected chi connectivity index (χ1v) is 28.0. The average molecular weight is 1030 g/mol. The Morgan fingerprint density at radius 3 is 0.775 bits per heavy atom. The van der Waals surface area contributed by atoms with Crippen molar-refractivity contribution in [3.05, 3.63) is 313 Å². The Balaban J connectivity index is 0.807. The van der Waals surface area contributed by atoms with Crippen LogP contribution in [0, 0.1) is 0 Å². The highest BCUT2D eigenvalue weighted by Gasteiger charge is 2.37. The van der Waals surface area contributed by atoms with Crippen molar-refractivity contribution in [1.29, 1.82) is 0 Å². The van der Waals surface area contributed by atoms with Crippen LogP contribution in [0.15, 0.2) is 291 Å². The molecule has 80 heavy (non-hydrogen) atoms. The van der Waals surface area contributed by atoms with Crippen LogP contribution >= 0.6 is 0 Å². The van der Waals surface area contributed by atoms with Gasteiger partial charge in [0.05, 0.1) is 0 Å². The Morgan fingerprint density at radius 1 is 0.188 bits per heavy atom. The Labute approximate surface area is 471 Å². The van der Waals surface area contributed by atoms with Gasteiger partial charge in [0.15, 0.2) is 0 Å². The van der Waals surface area contributed by atoms with E-state index in [0.717, 1.165) is 45.3 Å². The van der Waals surface area contributed by atoms with E-state index in [-0.39, 0.29) is 10.8 Å². The van der Waals surface area contributed by atoms with E-state index in [0.29, 0.717) is 0 Å². The fourth-order valence-electron chi connectivity index (χ4n) is 12.8. The molecule has 0 unspecified atom stereocenters. The number of hydrogen-bond acceptors (Lipinski definition) is 2. The van der Waals surface area contributed by atoms with Gasteiger partial charge in [0.25, 0.3) is 0 Å². The molecule has 0 aliphatic heterocycles. The molecule has 0 radical (unpaired) electrons. The standard InChI is InChI=1S/C78H60N2/c1-77(2)73-27-13-11-25-69(73)71-47-45-67(51-75(71)77)79(65-41-33-57(34-42-65)61-23-15-21-59(49-61)53-17-7-5-8-18-53)63-37-29-55(30-38-63)56-31-39-64(40-32-56)80(68-46-48-72-70-26-12-14-28-74(70)78(3,4)76(72)52-68)66-43-35-58(36-44-66)62-24-16-22-60(50-62)54-19-9-6-10-20-54/h5-52H,1-4H3. The number of hydrogen-bond donors (Lipinski definition) is 0. The van der Waals surface area contributed by atoms with E-state index in [9.17, 15) is 0 Å². The summed E-state index contributed by atoms with van der Waals surface area (Å²) in [7, 11) is 0. The lowest BCUT2D eigenvalue weighted by Crippen LogP contribution is -2.16. The molecule has 0 N–H and O–H groups in total. The molecule has 0 saturated carbocycles. The molecule has 2 heteroatoms. The minimum absolute atomic E-state index is 0.130. The van der Waals surface area contributed by atoms with Crippen molar-refractivity contribution in [3.8, 4) is 77.9 Å². The highest BCUT2D eigenvalue weighted by molar-refractivity contribution is 5.89. The fourth-order valence-corrected chi connectivity index (χ4v) is 12.8. The first-order valence-electron chi connectivity index (χ1n) is 28.0. The van der Waals surface area contributed by atoms with Gasteiger partial charge in [0.2, 0.25) is 0 Å². The first kappa shape index (κ1) is 48.6. The van der Waals surface area contributed by atoms with Crippen LogP contribution in [-0.4, -0.2) is 0 Å². The maximum absolute atomic E-state index is 2.42. The molecule has 12 aromatic carbocycles. The van der Waals surface area contributed by atoms with Crippen molar-refractivity contribution in [2.75, 3.05) is 9.80 Å². The monoisotopic (exact) mass is 1020 g/mol. The Morgan fingerprint density at radius 2 is 0.438 bits per heavy atom. The van der Waals surface area contributed by atoms with Gasteiger partial charge < -0.3 is 9.80 Å². The molecular weight excluding hydrogens is 965 g/mol. The average Bonchev–Trinajstić information content (AvgIpc) is 4.04. The normalized spacial score (nSPS) is 13.2. The predicted octanol–water partition coefficient (Wildman–Crippen LogP) is 21.6. The van der Waals surface area contributed by atoms with Crippen LogP contribution in [-0.2, 0) is 10.8 Å². The van der Waals surface area contributed by atoms with Crippen molar-refractivity contribution in [3.63, 3.8) is 0 Å². The summed E-state index contributed by atoms with van der Waals surface area (Å²) in [4.78, 5) is 4.83. The lowest BCUT2D eigenvalue weighted by molar-refractivity contribution is 0.660. The molecule has 2 nitrogen and oxygen atoms in total. The van der Waals surface area contributed by atoms with E-state index in [1.165, 1.54) is 89.0 Å². The number of nitrogens with zero attached hydrogens (tertiary/aromatic N) is 2. The third-order valence-electron chi connectivity index (χ3n) is 17.1. The Kier molecular flexibility index (Phi) is 11.9. The van der Waals surface area contributed by atoms with Crippen LogP contribution in [0.25, 0.3) is 77.9 Å². The summed E-state index contributed by atoms with van der Waals surface area (Å²) in [6.45, 7) is 9.44. The predicted molar refractivity (Wildman–Crippen MR) is 338 cm³/mol. The number of fused-ring (bicyclic) bond motifs is 6. The van der Waals surface area contributed by atoms with Gasteiger partial charge in [0.1, 0.15) is 0 Å². The molecule has 2 aliphatic rings. The van der Waals surface area contributed by atoms with Crippen LogP contribution in [0.5, 0.6) is 0 Å². The summed E-state index contributed by atoms with van der Waals surface area (Å²) in [5.41, 5.74) is 29.1. The highest BCUT2D eigenvalue weighted by Crippen LogP contribution is 2.53. The summed E-state index contributed by atoms with van der Waals surface area (Å²) in [6, 6.07) is 107. The molecule has 0 bridgehead atoms. The third-order valence-corrected chi connectivity index (χ3v) is 17.1. The summed E-state index contributed by atoms with van der Waals surface area (Å²) < 4.78 is 0. The van der Waals surface area contributed by atoms with Crippen molar-refractivity contribution in [2.24, 2.45) is 0 Å². The number of rotatable bonds is 11. The molecule has 12 aromatic rings. The molecule has 0 heterocycles. The quantitative estimate of drug-likeness (QED) is 0.127. The van der Waals surface area contributed by atoms with Crippen LogP contribution in [0.3, 0.4) is 0 Å². The van der Waals surface area contributed by atoms with E-state index < -0.39 is 0 Å². The van der Waals surface area contributed by atoms with Gasteiger partial charge in [-0.3, -0.25) is 0 Å². The summed E-state index contributed by atoms with van der Waals surface area (Å²) in [6.07, 6.45) is 0. The number of anilines is 6. The first-order chi connectivity index (χ1) is 39.2. The van der Waals surface area contributed by atoms with Crippen LogP contribution in [0.1, 0.15) is 49.9 Å². The second-order valence-electron chi connectivity index (χ2n) is 22.6. The van der Waals surface area contributed by atoms with Gasteiger partial charge >= 0.3 is 0 Å². The minimum Gasteiger partial charge on any atom is -0.310 e. The smallest absolute Gasteiger partial charge is 0.0465 e. The molecule has 0 amide bonds. The van der Waals surface area contributed by atoms with E-state index in [4.69, 9.17) is 0 Å². The lowest BCUT2D eigenvalue weighted by Gasteiger charge is -2.29. The van der Waals surface area contributed by atoms with Gasteiger partial charge in [0, 0.05) is 45.0 Å². The molecule has 382 valence electrons. The maximum atomic E-state index is 2.42. The zero-order chi connectivity index (χ0) is 54.0. The van der Waals surface area contributed by atoms with Crippen LogP contribution in [0.4, 0.5) is 34.1 Å². The van der Waals surface area contributed by atoms with Crippen LogP contribution in [0.2, 0.25) is 0 Å². The van der Waals surface area contributed by atoms with Crippen molar-refractivity contribution in [1.82, 2.24) is 0 Å². The van der Waals surface area contributed by atoms with Gasteiger partial charge in [-0.2, -0.15) is 0 Å². The molecule has 0 saturated heterocycles. The Hall–Kier alpha value is -9.76. The molecule has 0 fully saturated rings. The topological polar surface area (TPSA) is 6.48 Å². The number of benzene rings is 12. The SMILES string of the molecule is CC1(C)c2ccccc2-c2ccc(N(c3ccc(-c4ccc(N(c5ccc(-c6cccc(-c7ccccc7)c6)cc5)c5ccc6c(c5)C(C)(C)c5ccccc5-6)cc4)cc3)c3ccc(-c4cccc(-c5ccccc5)c4)cc3)cc21. The van der Waals surface area contributed by atoms with Gasteiger partial charge in [-0.1, -0.05) is 234 Å². The van der Waals surface area contributed by atoms with E-state index in [1.807, 2.05) is 0 Å². The summed E-state index contributed by atoms with van der Waals surface area (Å²) >= 11 is 0. The van der Waals surface area contributed by atoms with Gasteiger partial charge in [-0.25, -0.2) is 0 Å². The molecule has 0 atom stereocenters. The largest absolute Gasteiger partial charge is 0.310 e. The molecule has 0 spiro atoms. The van der Waals surface area contributed by atoms with E-state index >= 15 is 0 Å².